The zero-order chi connectivity index (χ0) is 25.8. The minimum absolute atomic E-state index is 0.0586. The highest BCUT2D eigenvalue weighted by Crippen LogP contribution is 2.30. The third kappa shape index (κ3) is 5.62. The second kappa shape index (κ2) is 10.7. The van der Waals surface area contributed by atoms with E-state index in [0.29, 0.717) is 27.1 Å². The number of benzene rings is 3. The van der Waals surface area contributed by atoms with Crippen LogP contribution in [0.15, 0.2) is 66.0 Å². The summed E-state index contributed by atoms with van der Waals surface area (Å²) in [5.41, 5.74) is 1.79. The molecule has 0 unspecified atom stereocenters. The summed E-state index contributed by atoms with van der Waals surface area (Å²) in [4.78, 5) is 40.3. The van der Waals surface area contributed by atoms with Crippen LogP contribution >= 0.6 is 34.5 Å². The van der Waals surface area contributed by atoms with Crippen molar-refractivity contribution < 1.29 is 19.2 Å². The van der Waals surface area contributed by atoms with Crippen molar-refractivity contribution in [2.45, 2.75) is 0 Å². The van der Waals surface area contributed by atoms with E-state index in [1.165, 1.54) is 42.7 Å². The Morgan fingerprint density at radius 1 is 1.03 bits per heavy atom. The van der Waals surface area contributed by atoms with Crippen LogP contribution in [0.2, 0.25) is 10.0 Å². The molecule has 0 aliphatic rings. The van der Waals surface area contributed by atoms with Crippen LogP contribution in [0.5, 0.6) is 5.75 Å². The van der Waals surface area contributed by atoms with Crippen LogP contribution in [-0.4, -0.2) is 28.8 Å². The van der Waals surface area contributed by atoms with E-state index in [4.69, 9.17) is 27.9 Å². The molecule has 0 radical (unpaired) electrons. The molecule has 1 heterocycles. The highest BCUT2D eigenvalue weighted by atomic mass is 35.5. The van der Waals surface area contributed by atoms with Gasteiger partial charge in [0.05, 0.1) is 28.3 Å². The number of nitro benzene ring substituents is 1. The van der Waals surface area contributed by atoms with Crippen molar-refractivity contribution in [2.75, 3.05) is 17.7 Å². The average Bonchev–Trinajstić information content (AvgIpc) is 3.32. The summed E-state index contributed by atoms with van der Waals surface area (Å²) in [6.07, 6.45) is 0. The Morgan fingerprint density at radius 2 is 1.83 bits per heavy atom. The summed E-state index contributed by atoms with van der Waals surface area (Å²) in [7, 11) is 1.32. The molecule has 36 heavy (non-hydrogen) atoms. The topological polar surface area (TPSA) is 123 Å². The van der Waals surface area contributed by atoms with Crippen LogP contribution in [0.1, 0.15) is 20.7 Å². The van der Waals surface area contributed by atoms with Crippen LogP contribution in [-0.2, 0) is 0 Å². The third-order valence-electron chi connectivity index (χ3n) is 4.95. The van der Waals surface area contributed by atoms with Crippen LogP contribution in [0.4, 0.5) is 16.5 Å². The molecular formula is C24H16Cl2N4O5S. The Balaban J connectivity index is 1.49. The number of rotatable bonds is 7. The first-order chi connectivity index (χ1) is 17.2. The van der Waals surface area contributed by atoms with E-state index in [1.807, 2.05) is 0 Å². The number of halogens is 2. The number of thiazole rings is 1. The van der Waals surface area contributed by atoms with E-state index in [0.717, 1.165) is 6.07 Å². The maximum atomic E-state index is 12.7. The van der Waals surface area contributed by atoms with E-state index in [-0.39, 0.29) is 27.6 Å². The monoisotopic (exact) mass is 542 g/mol. The molecule has 12 heteroatoms. The Bertz CT molecular complexity index is 1490. The normalized spacial score (nSPS) is 10.5. The number of carbonyl (C=O) groups excluding carboxylic acids is 2. The van der Waals surface area contributed by atoms with Crippen LogP contribution in [0.3, 0.4) is 0 Å². The third-order valence-corrected chi connectivity index (χ3v) is 6.26. The first-order valence-electron chi connectivity index (χ1n) is 10.2. The van der Waals surface area contributed by atoms with Crippen LogP contribution in [0, 0.1) is 10.1 Å². The van der Waals surface area contributed by atoms with Crippen molar-refractivity contribution in [1.29, 1.82) is 0 Å². The maximum absolute atomic E-state index is 12.7. The van der Waals surface area contributed by atoms with E-state index < -0.39 is 16.7 Å². The first kappa shape index (κ1) is 25.1. The molecule has 0 atom stereocenters. The van der Waals surface area contributed by atoms with Gasteiger partial charge in [-0.15, -0.1) is 11.3 Å². The van der Waals surface area contributed by atoms with Gasteiger partial charge in [-0.3, -0.25) is 25.0 Å². The lowest BCUT2D eigenvalue weighted by atomic mass is 10.1. The molecule has 2 N–H and O–H groups in total. The summed E-state index contributed by atoms with van der Waals surface area (Å²) in [6.45, 7) is 0. The lowest BCUT2D eigenvalue weighted by molar-refractivity contribution is -0.385. The summed E-state index contributed by atoms with van der Waals surface area (Å²) in [5, 5.41) is 19.4. The lowest BCUT2D eigenvalue weighted by Crippen LogP contribution is -2.12. The largest absolute Gasteiger partial charge is 0.490 e. The number of ether oxygens (including phenoxy) is 1. The van der Waals surface area contributed by atoms with Crippen molar-refractivity contribution in [2.24, 2.45) is 0 Å². The van der Waals surface area contributed by atoms with Gasteiger partial charge >= 0.3 is 5.69 Å². The molecule has 0 saturated heterocycles. The van der Waals surface area contributed by atoms with Crippen LogP contribution < -0.4 is 15.4 Å². The van der Waals surface area contributed by atoms with E-state index in [9.17, 15) is 19.7 Å². The van der Waals surface area contributed by atoms with Gasteiger partial charge in [-0.25, -0.2) is 4.98 Å². The van der Waals surface area contributed by atoms with Crippen LogP contribution in [0.25, 0.3) is 11.3 Å². The number of carbonyl (C=O) groups is 2. The second-order valence-electron chi connectivity index (χ2n) is 7.29. The van der Waals surface area contributed by atoms with Gasteiger partial charge in [-0.05, 0) is 42.5 Å². The summed E-state index contributed by atoms with van der Waals surface area (Å²) >= 11 is 13.2. The van der Waals surface area contributed by atoms with Gasteiger partial charge in [-0.1, -0.05) is 35.3 Å². The zero-order valence-corrected chi connectivity index (χ0v) is 20.8. The predicted octanol–water partition coefficient (Wildman–Crippen LogP) is 6.54. The molecule has 182 valence electrons. The van der Waals surface area contributed by atoms with Crippen molar-refractivity contribution in [1.82, 2.24) is 4.98 Å². The average molecular weight is 543 g/mol. The summed E-state index contributed by atoms with van der Waals surface area (Å²) in [6, 6.07) is 15.4. The number of methoxy groups -OCH3 is 1. The van der Waals surface area contributed by atoms with Gasteiger partial charge in [0.25, 0.3) is 11.8 Å². The van der Waals surface area contributed by atoms with Gasteiger partial charge in [0.2, 0.25) is 0 Å². The van der Waals surface area contributed by atoms with E-state index in [1.54, 1.807) is 35.7 Å². The molecule has 0 spiro atoms. The lowest BCUT2D eigenvalue weighted by Gasteiger charge is -2.08. The van der Waals surface area contributed by atoms with Gasteiger partial charge in [0, 0.05) is 33.3 Å². The van der Waals surface area contributed by atoms with Crippen molar-refractivity contribution in [3.05, 3.63) is 97.3 Å². The Kier molecular flexibility index (Phi) is 7.49. The Morgan fingerprint density at radius 3 is 2.56 bits per heavy atom. The number of nitrogens with one attached hydrogen (secondary N) is 2. The van der Waals surface area contributed by atoms with Gasteiger partial charge < -0.3 is 10.1 Å². The van der Waals surface area contributed by atoms with Gasteiger partial charge in [0.1, 0.15) is 0 Å². The molecule has 0 fully saturated rings. The standard InChI is InChI=1S/C24H16Cl2N4O5S/c1-35-21-8-5-14(10-20(21)30(33)34)22(31)27-16-4-2-3-13(9-16)19-12-36-24(28-19)29-23(32)17-7-6-15(25)11-18(17)26/h2-12H,1H3,(H,27,31)(H,28,29,32). The number of hydrogen-bond donors (Lipinski definition) is 2. The molecule has 3 aromatic carbocycles. The SMILES string of the molecule is COc1ccc(C(=O)Nc2cccc(-c3csc(NC(=O)c4ccc(Cl)cc4Cl)n3)c2)cc1[N+](=O)[O-]. The number of nitro groups is 1. The maximum Gasteiger partial charge on any atom is 0.311 e. The number of aromatic nitrogens is 1. The van der Waals surface area contributed by atoms with Crippen molar-refractivity contribution >= 4 is 62.9 Å². The smallest absolute Gasteiger partial charge is 0.311 e. The molecule has 4 rings (SSSR count). The van der Waals surface area contributed by atoms with Crippen molar-refractivity contribution in [3.8, 4) is 17.0 Å². The fraction of sp³-hybridized carbons (Fsp3) is 0.0417. The minimum Gasteiger partial charge on any atom is -0.490 e. The summed E-state index contributed by atoms with van der Waals surface area (Å²) in [5.74, 6) is -0.889. The predicted molar refractivity (Wildman–Crippen MR) is 140 cm³/mol. The molecule has 0 aliphatic carbocycles. The quantitative estimate of drug-likeness (QED) is 0.202. The molecular weight excluding hydrogens is 527 g/mol. The Hall–Kier alpha value is -3.99. The molecule has 4 aromatic rings. The van der Waals surface area contributed by atoms with Gasteiger partial charge in [0.15, 0.2) is 10.9 Å². The highest BCUT2D eigenvalue weighted by molar-refractivity contribution is 7.14. The number of nitrogens with zero attached hydrogens (tertiary/aromatic N) is 2. The van der Waals surface area contributed by atoms with E-state index in [2.05, 4.69) is 15.6 Å². The molecule has 2 amide bonds. The highest BCUT2D eigenvalue weighted by Gasteiger charge is 2.19. The fourth-order valence-electron chi connectivity index (χ4n) is 3.24. The number of amides is 2. The van der Waals surface area contributed by atoms with Gasteiger partial charge in [-0.2, -0.15) is 0 Å². The summed E-state index contributed by atoms with van der Waals surface area (Å²) < 4.78 is 4.97. The molecule has 9 nitrogen and oxygen atoms in total. The second-order valence-corrected chi connectivity index (χ2v) is 9.00. The number of anilines is 2. The first-order valence-corrected chi connectivity index (χ1v) is 11.8. The molecule has 0 bridgehead atoms. The molecule has 1 aromatic heterocycles. The molecule has 0 saturated carbocycles. The minimum atomic E-state index is -0.615. The Labute approximate surface area is 218 Å². The van der Waals surface area contributed by atoms with E-state index >= 15 is 0 Å². The van der Waals surface area contributed by atoms with Crippen molar-refractivity contribution in [3.63, 3.8) is 0 Å². The molecule has 0 aliphatic heterocycles. The zero-order valence-electron chi connectivity index (χ0n) is 18.5. The number of hydrogen-bond acceptors (Lipinski definition) is 7. The fourth-order valence-corrected chi connectivity index (χ4v) is 4.44.